The Morgan fingerprint density at radius 1 is 0.455 bits per heavy atom. The van der Waals surface area contributed by atoms with Crippen molar-refractivity contribution in [3.8, 4) is 0 Å². The summed E-state index contributed by atoms with van der Waals surface area (Å²) in [6.45, 7) is 4.48. The van der Waals surface area contributed by atoms with Crippen LogP contribution in [0.1, 0.15) is 284 Å². The Kier molecular flexibility index (Phi) is 47.8. The second-order valence-corrected chi connectivity index (χ2v) is 22.1. The van der Waals surface area contributed by atoms with E-state index in [-0.39, 0.29) is 25.6 Å². The van der Waals surface area contributed by atoms with E-state index in [0.29, 0.717) is 23.9 Å². The number of unbranched alkanes of at least 4 members (excludes halogenated alkanes) is 37. The number of ether oxygens (including phenoxy) is 2. The molecule has 0 saturated heterocycles. The Morgan fingerprint density at radius 2 is 0.773 bits per heavy atom. The number of quaternary nitrogens is 1. The zero-order valence-electron chi connectivity index (χ0n) is 44.5. The summed E-state index contributed by atoms with van der Waals surface area (Å²) in [6, 6.07) is 0. The first-order valence-corrected chi connectivity index (χ1v) is 29.9. The molecule has 392 valence electrons. The molecular weight excluding hydrogens is 846 g/mol. The van der Waals surface area contributed by atoms with Crippen LogP contribution in [0.5, 0.6) is 0 Å². The van der Waals surface area contributed by atoms with Crippen molar-refractivity contribution in [1.82, 2.24) is 0 Å². The molecule has 10 heteroatoms. The maximum atomic E-state index is 12.8. The molecule has 0 radical (unpaired) electrons. The van der Waals surface area contributed by atoms with Gasteiger partial charge in [0, 0.05) is 12.8 Å². The van der Waals surface area contributed by atoms with Crippen molar-refractivity contribution in [2.75, 3.05) is 47.5 Å². The number of esters is 2. The van der Waals surface area contributed by atoms with Crippen LogP contribution in [0.25, 0.3) is 0 Å². The number of carbonyl (C=O) groups excluding carboxylic acids is 2. The number of hydrogen-bond acceptors (Lipinski definition) is 7. The van der Waals surface area contributed by atoms with Gasteiger partial charge in [-0.25, -0.2) is 4.57 Å². The summed E-state index contributed by atoms with van der Waals surface area (Å²) < 4.78 is 34.5. The Bertz CT molecular complexity index is 1130. The Morgan fingerprint density at radius 3 is 1.12 bits per heavy atom. The Hall–Kier alpha value is -1.25. The van der Waals surface area contributed by atoms with Gasteiger partial charge in [0.25, 0.3) is 0 Å². The van der Waals surface area contributed by atoms with Crippen molar-refractivity contribution in [2.24, 2.45) is 0 Å². The number of nitrogens with zero attached hydrogens (tertiary/aromatic N) is 1. The van der Waals surface area contributed by atoms with Gasteiger partial charge in [-0.3, -0.25) is 18.6 Å². The molecule has 2 unspecified atom stereocenters. The minimum absolute atomic E-state index is 0.0344. The zero-order valence-corrected chi connectivity index (χ0v) is 45.4. The molecule has 0 aliphatic heterocycles. The third-order valence-corrected chi connectivity index (χ3v) is 13.8. The van der Waals surface area contributed by atoms with Gasteiger partial charge in [-0.05, 0) is 38.5 Å². The molecule has 66 heavy (non-hydrogen) atoms. The summed E-state index contributed by atoms with van der Waals surface area (Å²) in [5.41, 5.74) is 0. The molecule has 0 aromatic rings. The van der Waals surface area contributed by atoms with E-state index in [0.717, 1.165) is 44.9 Å². The lowest BCUT2D eigenvalue weighted by molar-refractivity contribution is -0.870. The quantitative estimate of drug-likeness (QED) is 0.0211. The van der Waals surface area contributed by atoms with Crippen molar-refractivity contribution in [2.45, 2.75) is 290 Å². The van der Waals surface area contributed by atoms with E-state index >= 15 is 0 Å². The highest BCUT2D eigenvalue weighted by Crippen LogP contribution is 2.43. The van der Waals surface area contributed by atoms with Crippen LogP contribution < -0.4 is 0 Å². The minimum atomic E-state index is -4.38. The summed E-state index contributed by atoms with van der Waals surface area (Å²) >= 11 is 0. The topological polar surface area (TPSA) is 108 Å². The molecule has 0 rings (SSSR count). The van der Waals surface area contributed by atoms with Gasteiger partial charge in [-0.15, -0.1) is 0 Å². The molecule has 1 N–H and O–H groups in total. The van der Waals surface area contributed by atoms with Crippen molar-refractivity contribution >= 4 is 19.8 Å². The molecule has 0 saturated carbocycles. The molecule has 0 aromatic carbocycles. The molecule has 0 aliphatic carbocycles. The average molecular weight is 957 g/mol. The fourth-order valence-electron chi connectivity index (χ4n) is 8.37. The maximum Gasteiger partial charge on any atom is 0.472 e. The van der Waals surface area contributed by atoms with E-state index in [1.54, 1.807) is 0 Å². The van der Waals surface area contributed by atoms with E-state index in [1.807, 2.05) is 21.1 Å². The fourth-order valence-corrected chi connectivity index (χ4v) is 9.11. The molecule has 2 atom stereocenters. The Balaban J connectivity index is 4.12. The standard InChI is InChI=1S/C56H110NO8P/c1-6-8-10-12-14-16-18-20-22-24-26-27-28-29-30-31-33-34-36-38-40-42-44-46-48-55(58)62-52-54(53-64-66(60,61)63-51-50-57(3,4)5)65-56(59)49-47-45-43-41-39-37-35-32-25-23-21-19-17-15-13-11-9-7-2/h23,25,54H,6-22,24,26-53H2,1-5H3/p+1/b25-23-. The summed E-state index contributed by atoms with van der Waals surface area (Å²) in [5.74, 6) is -0.785. The predicted octanol–water partition coefficient (Wildman–Crippen LogP) is 17.3. The third-order valence-electron chi connectivity index (χ3n) is 12.8. The van der Waals surface area contributed by atoms with Crippen LogP contribution in [0.2, 0.25) is 0 Å². The lowest BCUT2D eigenvalue weighted by atomic mass is 10.0. The molecular formula is C56H111NO8P+. The van der Waals surface area contributed by atoms with E-state index in [9.17, 15) is 19.0 Å². The molecule has 0 bridgehead atoms. The van der Waals surface area contributed by atoms with Crippen LogP contribution in [0.3, 0.4) is 0 Å². The lowest BCUT2D eigenvalue weighted by Crippen LogP contribution is -2.37. The average Bonchev–Trinajstić information content (AvgIpc) is 3.27. The van der Waals surface area contributed by atoms with Gasteiger partial charge < -0.3 is 18.9 Å². The number of allylic oxidation sites excluding steroid dienone is 2. The SMILES string of the molecule is CCCCCCCCC/C=C\CCCCCCCCCC(=O)OC(COC(=O)CCCCCCCCCCCCCCCCCCCCCCCCCC)COP(=O)(O)OCC[N+](C)(C)C. The van der Waals surface area contributed by atoms with Crippen LogP contribution in [0.15, 0.2) is 12.2 Å². The summed E-state index contributed by atoms with van der Waals surface area (Å²) in [4.78, 5) is 35.6. The second-order valence-electron chi connectivity index (χ2n) is 20.7. The maximum absolute atomic E-state index is 12.8. The van der Waals surface area contributed by atoms with E-state index in [4.69, 9.17) is 18.5 Å². The predicted molar refractivity (Wildman–Crippen MR) is 280 cm³/mol. The second kappa shape index (κ2) is 48.8. The molecule has 0 aromatic heterocycles. The minimum Gasteiger partial charge on any atom is -0.462 e. The monoisotopic (exact) mass is 957 g/mol. The first-order valence-electron chi connectivity index (χ1n) is 28.4. The summed E-state index contributed by atoms with van der Waals surface area (Å²) in [6.07, 6.45) is 55.6. The summed E-state index contributed by atoms with van der Waals surface area (Å²) in [7, 11) is 1.49. The molecule has 0 heterocycles. The largest absolute Gasteiger partial charge is 0.472 e. The van der Waals surface area contributed by atoms with Crippen molar-refractivity contribution in [3.63, 3.8) is 0 Å². The lowest BCUT2D eigenvalue weighted by Gasteiger charge is -2.24. The zero-order chi connectivity index (χ0) is 48.5. The first kappa shape index (κ1) is 64.8. The van der Waals surface area contributed by atoms with Crippen LogP contribution in [-0.4, -0.2) is 74.9 Å². The molecule has 0 aliphatic rings. The first-order chi connectivity index (χ1) is 32.0. The highest BCUT2D eigenvalue weighted by Gasteiger charge is 2.27. The third kappa shape index (κ3) is 52.1. The molecule has 0 fully saturated rings. The number of likely N-dealkylation sites (N-methyl/N-ethyl adjacent to an activating group) is 1. The number of phosphoric ester groups is 1. The number of phosphoric acid groups is 1. The smallest absolute Gasteiger partial charge is 0.462 e. The van der Waals surface area contributed by atoms with Crippen molar-refractivity contribution < 1.29 is 42.1 Å². The van der Waals surface area contributed by atoms with Crippen LogP contribution in [0.4, 0.5) is 0 Å². The molecule has 9 nitrogen and oxygen atoms in total. The van der Waals surface area contributed by atoms with E-state index in [1.165, 1.54) is 205 Å². The van der Waals surface area contributed by atoms with Crippen molar-refractivity contribution in [1.29, 1.82) is 0 Å². The highest BCUT2D eigenvalue weighted by molar-refractivity contribution is 7.47. The van der Waals surface area contributed by atoms with Gasteiger partial charge in [-0.1, -0.05) is 244 Å². The van der Waals surface area contributed by atoms with E-state index < -0.39 is 26.5 Å². The van der Waals surface area contributed by atoms with Crippen LogP contribution in [0, 0.1) is 0 Å². The van der Waals surface area contributed by atoms with Gasteiger partial charge in [0.2, 0.25) is 0 Å². The number of rotatable bonds is 53. The Labute approximate surface area is 409 Å². The normalized spacial score (nSPS) is 13.4. The van der Waals surface area contributed by atoms with Gasteiger partial charge in [0.05, 0.1) is 27.7 Å². The van der Waals surface area contributed by atoms with Gasteiger partial charge in [0.15, 0.2) is 6.10 Å². The van der Waals surface area contributed by atoms with E-state index in [2.05, 4.69) is 26.0 Å². The van der Waals surface area contributed by atoms with Gasteiger partial charge in [0.1, 0.15) is 19.8 Å². The fraction of sp³-hybridized carbons (Fsp3) is 0.929. The van der Waals surface area contributed by atoms with Crippen LogP contribution in [-0.2, 0) is 32.7 Å². The number of carbonyl (C=O) groups is 2. The molecule has 0 amide bonds. The van der Waals surface area contributed by atoms with Crippen molar-refractivity contribution in [3.05, 3.63) is 12.2 Å². The van der Waals surface area contributed by atoms with Gasteiger partial charge >= 0.3 is 19.8 Å². The van der Waals surface area contributed by atoms with Crippen LogP contribution >= 0.6 is 7.82 Å². The summed E-state index contributed by atoms with van der Waals surface area (Å²) in [5, 5.41) is 0. The molecule has 0 spiro atoms. The number of hydrogen-bond donors (Lipinski definition) is 1. The highest BCUT2D eigenvalue weighted by atomic mass is 31.2. The van der Waals surface area contributed by atoms with Gasteiger partial charge in [-0.2, -0.15) is 0 Å².